The predicted molar refractivity (Wildman–Crippen MR) is 120 cm³/mol. The highest BCUT2D eigenvalue weighted by atomic mass is 16.5. The van der Waals surface area contributed by atoms with Crippen molar-refractivity contribution in [1.29, 1.82) is 0 Å². The average Bonchev–Trinajstić information content (AvgIpc) is 3.24. The first-order chi connectivity index (χ1) is 15.7. The van der Waals surface area contributed by atoms with Crippen LogP contribution < -0.4 is 14.8 Å². The average molecular weight is 437 g/mol. The van der Waals surface area contributed by atoms with Gasteiger partial charge in [-0.1, -0.05) is 6.07 Å². The lowest BCUT2D eigenvalue weighted by Gasteiger charge is -2.27. The minimum absolute atomic E-state index is 0.265. The second-order valence-electron chi connectivity index (χ2n) is 8.59. The van der Waals surface area contributed by atoms with Crippen LogP contribution in [0.5, 0.6) is 11.6 Å². The fraction of sp³-hybridized carbons (Fsp3) is 0.458. The molecule has 2 aromatic heterocycles. The molecule has 2 aliphatic rings. The molecule has 8 heteroatoms. The van der Waals surface area contributed by atoms with Gasteiger partial charge in [-0.2, -0.15) is 5.10 Å². The Balaban J connectivity index is 1.45. The van der Waals surface area contributed by atoms with Gasteiger partial charge in [-0.05, 0) is 56.6 Å². The Morgan fingerprint density at radius 2 is 1.91 bits per heavy atom. The lowest BCUT2D eigenvalue weighted by Crippen LogP contribution is -2.20. The topological polar surface area (TPSA) is 98.5 Å². The molecule has 1 aromatic carbocycles. The molecule has 168 valence electrons. The van der Waals surface area contributed by atoms with Crippen LogP contribution in [-0.4, -0.2) is 45.6 Å². The van der Waals surface area contributed by atoms with E-state index in [1.807, 2.05) is 23.0 Å². The number of rotatable bonds is 2. The molecule has 1 fully saturated rings. The maximum atomic E-state index is 12.9. The first-order valence-electron chi connectivity index (χ1n) is 11.4. The largest absolute Gasteiger partial charge is 0.491 e. The van der Waals surface area contributed by atoms with Crippen molar-refractivity contribution < 1.29 is 19.4 Å². The second kappa shape index (κ2) is 9.16. The van der Waals surface area contributed by atoms with Gasteiger partial charge in [-0.25, -0.2) is 4.98 Å². The number of benzene rings is 1. The fourth-order valence-electron chi connectivity index (χ4n) is 4.44. The molecule has 1 aliphatic heterocycles. The second-order valence-corrected chi connectivity index (χ2v) is 8.59. The summed E-state index contributed by atoms with van der Waals surface area (Å²) in [6.45, 7) is 1.31. The molecule has 0 spiro atoms. The number of aliphatic hydroxyl groups excluding tert-OH is 1. The molecule has 32 heavy (non-hydrogen) atoms. The number of fused-ring (bicyclic) bond motifs is 4. The van der Waals surface area contributed by atoms with E-state index in [2.05, 4.69) is 10.3 Å². The number of carbonyl (C=O) groups excluding carboxylic acids is 1. The summed E-state index contributed by atoms with van der Waals surface area (Å²) in [5, 5.41) is 18.1. The Morgan fingerprint density at radius 1 is 1.09 bits per heavy atom. The maximum absolute atomic E-state index is 12.9. The molecule has 1 amide bonds. The van der Waals surface area contributed by atoms with Crippen LogP contribution in [0.15, 0.2) is 36.5 Å². The Hall–Kier alpha value is -3.13. The molecular formula is C24H28N4O4. The molecule has 0 saturated heterocycles. The molecule has 2 bridgehead atoms. The summed E-state index contributed by atoms with van der Waals surface area (Å²) in [7, 11) is 0. The summed E-state index contributed by atoms with van der Waals surface area (Å²) in [4.78, 5) is 17.2. The molecule has 5 rings (SSSR count). The van der Waals surface area contributed by atoms with E-state index in [-0.39, 0.29) is 12.5 Å². The van der Waals surface area contributed by atoms with Gasteiger partial charge in [-0.15, -0.1) is 0 Å². The number of carbonyl (C=O) groups is 1. The molecule has 8 nitrogen and oxygen atoms in total. The molecule has 1 aliphatic carbocycles. The van der Waals surface area contributed by atoms with Crippen LogP contribution >= 0.6 is 0 Å². The molecular weight excluding hydrogens is 408 g/mol. The summed E-state index contributed by atoms with van der Waals surface area (Å²) in [5.74, 6) is 1.15. The molecule has 0 unspecified atom stereocenters. The van der Waals surface area contributed by atoms with E-state index in [1.54, 1.807) is 18.2 Å². The van der Waals surface area contributed by atoms with Crippen molar-refractivity contribution in [3.8, 4) is 11.6 Å². The molecule has 1 saturated carbocycles. The summed E-state index contributed by atoms with van der Waals surface area (Å²) in [6, 6.07) is 9.35. The third-order valence-electron chi connectivity index (χ3n) is 6.32. The summed E-state index contributed by atoms with van der Waals surface area (Å²) < 4.78 is 13.7. The first-order valence-corrected chi connectivity index (χ1v) is 11.4. The highest BCUT2D eigenvalue weighted by Crippen LogP contribution is 2.35. The number of hydrogen-bond donors (Lipinski definition) is 2. The van der Waals surface area contributed by atoms with Crippen molar-refractivity contribution in [2.24, 2.45) is 5.92 Å². The standard InChI is InChI=1S/C24H28N4O4/c29-15-16-6-8-18(9-7-16)28-14-17-12-21-22(13-20(17)27-28)31-10-1-2-11-32-23-5-3-4-19(25-23)24(30)26-21/h3-5,12-14,16,18,29H,1-2,6-11,15H2,(H,26,30). The molecule has 2 N–H and O–H groups in total. The molecule has 0 radical (unpaired) electrons. The third-order valence-corrected chi connectivity index (χ3v) is 6.32. The number of ether oxygens (including phenoxy) is 2. The van der Waals surface area contributed by atoms with E-state index in [0.717, 1.165) is 49.4 Å². The zero-order valence-corrected chi connectivity index (χ0v) is 18.0. The van der Waals surface area contributed by atoms with Crippen molar-refractivity contribution in [2.45, 2.75) is 44.6 Å². The smallest absolute Gasteiger partial charge is 0.274 e. The third kappa shape index (κ3) is 4.41. The van der Waals surface area contributed by atoms with Crippen molar-refractivity contribution in [3.63, 3.8) is 0 Å². The summed E-state index contributed by atoms with van der Waals surface area (Å²) in [5.41, 5.74) is 1.75. The number of hydrogen-bond acceptors (Lipinski definition) is 6. The van der Waals surface area contributed by atoms with E-state index in [1.165, 1.54) is 0 Å². The van der Waals surface area contributed by atoms with Crippen LogP contribution in [0.1, 0.15) is 55.1 Å². The van der Waals surface area contributed by atoms with Gasteiger partial charge in [0.05, 0.1) is 30.5 Å². The first kappa shape index (κ1) is 20.8. The lowest BCUT2D eigenvalue weighted by atomic mass is 9.87. The number of aliphatic hydroxyl groups is 1. The van der Waals surface area contributed by atoms with E-state index in [4.69, 9.17) is 14.6 Å². The predicted octanol–water partition coefficient (Wildman–Crippen LogP) is 3.96. The number of aromatic nitrogens is 3. The number of nitrogens with zero attached hydrogens (tertiary/aromatic N) is 3. The highest BCUT2D eigenvalue weighted by molar-refractivity contribution is 6.05. The highest BCUT2D eigenvalue weighted by Gasteiger charge is 2.23. The maximum Gasteiger partial charge on any atom is 0.274 e. The minimum Gasteiger partial charge on any atom is -0.491 e. The van der Waals surface area contributed by atoms with Crippen LogP contribution in [0.25, 0.3) is 10.9 Å². The van der Waals surface area contributed by atoms with Gasteiger partial charge >= 0.3 is 0 Å². The Morgan fingerprint density at radius 3 is 2.72 bits per heavy atom. The van der Waals surface area contributed by atoms with E-state index in [0.29, 0.717) is 48.2 Å². The Bertz CT molecular complexity index is 1100. The van der Waals surface area contributed by atoms with Gasteiger partial charge in [0.25, 0.3) is 5.91 Å². The van der Waals surface area contributed by atoms with Crippen molar-refractivity contribution in [3.05, 3.63) is 42.2 Å². The van der Waals surface area contributed by atoms with Gasteiger partial charge < -0.3 is 19.9 Å². The number of anilines is 1. The van der Waals surface area contributed by atoms with Crippen LogP contribution in [0.4, 0.5) is 5.69 Å². The monoisotopic (exact) mass is 436 g/mol. The Labute approximate surface area is 186 Å². The minimum atomic E-state index is -0.311. The van der Waals surface area contributed by atoms with Crippen LogP contribution in [0.2, 0.25) is 0 Å². The molecule has 3 aromatic rings. The van der Waals surface area contributed by atoms with Gasteiger partial charge in [0.1, 0.15) is 11.4 Å². The van der Waals surface area contributed by atoms with E-state index in [9.17, 15) is 9.90 Å². The van der Waals surface area contributed by atoms with Crippen molar-refractivity contribution in [2.75, 3.05) is 25.1 Å². The number of pyridine rings is 1. The van der Waals surface area contributed by atoms with Crippen LogP contribution in [0, 0.1) is 5.92 Å². The zero-order chi connectivity index (χ0) is 21.9. The van der Waals surface area contributed by atoms with E-state index < -0.39 is 0 Å². The van der Waals surface area contributed by atoms with Crippen molar-refractivity contribution in [1.82, 2.24) is 14.8 Å². The summed E-state index contributed by atoms with van der Waals surface area (Å²) in [6.07, 6.45) is 7.75. The molecule has 0 atom stereocenters. The SMILES string of the molecule is O=C1Nc2cc3cn(C4CCC(CO)CC4)nc3cc2OCCCCOc2cccc1n2. The van der Waals surface area contributed by atoms with Gasteiger partial charge in [0.15, 0.2) is 0 Å². The fourth-order valence-corrected chi connectivity index (χ4v) is 4.44. The molecule has 3 heterocycles. The van der Waals surface area contributed by atoms with Gasteiger partial charge in [0.2, 0.25) is 5.88 Å². The van der Waals surface area contributed by atoms with Crippen molar-refractivity contribution >= 4 is 22.5 Å². The van der Waals surface area contributed by atoms with Gasteiger partial charge in [0, 0.05) is 30.3 Å². The lowest BCUT2D eigenvalue weighted by molar-refractivity contribution is 0.102. The quantitative estimate of drug-likeness (QED) is 0.631. The van der Waals surface area contributed by atoms with E-state index >= 15 is 0 Å². The number of amides is 1. The zero-order valence-electron chi connectivity index (χ0n) is 18.0. The van der Waals surface area contributed by atoms with Gasteiger partial charge in [-0.3, -0.25) is 9.48 Å². The van der Waals surface area contributed by atoms with Crippen LogP contribution in [-0.2, 0) is 0 Å². The Kier molecular flexibility index (Phi) is 5.94. The number of nitrogens with one attached hydrogen (secondary N) is 1. The summed E-state index contributed by atoms with van der Waals surface area (Å²) >= 11 is 0. The van der Waals surface area contributed by atoms with Crippen LogP contribution in [0.3, 0.4) is 0 Å². The normalized spacial score (nSPS) is 21.8.